The fourth-order valence-electron chi connectivity index (χ4n) is 1.68. The van der Waals surface area contributed by atoms with Crippen LogP contribution in [0.5, 0.6) is 0 Å². The van der Waals surface area contributed by atoms with E-state index in [0.717, 1.165) is 0 Å². The summed E-state index contributed by atoms with van der Waals surface area (Å²) in [7, 11) is 0. The molecule has 1 aromatic heterocycles. The monoisotopic (exact) mass is 278 g/mol. The van der Waals surface area contributed by atoms with Crippen LogP contribution >= 0.6 is 11.6 Å². The maximum Gasteiger partial charge on any atom is 0.325 e. The van der Waals surface area contributed by atoms with Gasteiger partial charge in [0.2, 0.25) is 0 Å². The number of carboxylic acid groups (broad SMARTS) is 1. The molecule has 2 aromatic rings. The lowest BCUT2D eigenvalue weighted by Crippen LogP contribution is -2.38. The van der Waals surface area contributed by atoms with Gasteiger partial charge in [0.05, 0.1) is 5.56 Å². The van der Waals surface area contributed by atoms with Crippen LogP contribution in [0.4, 0.5) is 0 Å². The molecule has 0 spiro atoms. The number of hydrogen-bond donors (Lipinski definition) is 2. The van der Waals surface area contributed by atoms with E-state index in [1.54, 1.807) is 24.3 Å². The summed E-state index contributed by atoms with van der Waals surface area (Å²) in [6.07, 6.45) is 1.34. The summed E-state index contributed by atoms with van der Waals surface area (Å²) in [6.45, 7) is 1.39. The Kier molecular flexibility index (Phi) is 3.66. The van der Waals surface area contributed by atoms with Gasteiger partial charge in [-0.05, 0) is 12.3 Å². The highest BCUT2D eigenvalue weighted by molar-refractivity contribution is 6.34. The van der Waals surface area contributed by atoms with Crippen molar-refractivity contribution in [2.45, 2.75) is 13.0 Å². The smallest absolute Gasteiger partial charge is 0.325 e. The molecule has 2 rings (SSSR count). The number of carboxylic acids is 1. The zero-order valence-electron chi connectivity index (χ0n) is 10.1. The lowest BCUT2D eigenvalue weighted by atomic mass is 10.1. The Morgan fingerprint density at radius 2 is 1.95 bits per heavy atom. The summed E-state index contributed by atoms with van der Waals surface area (Å²) in [4.78, 5) is 26.7. The van der Waals surface area contributed by atoms with E-state index in [-0.39, 0.29) is 0 Å². The largest absolute Gasteiger partial charge is 0.480 e. The van der Waals surface area contributed by atoms with E-state index >= 15 is 0 Å². The first-order valence-electron chi connectivity index (χ1n) is 5.57. The Balaban J connectivity index is 2.43. The van der Waals surface area contributed by atoms with Crippen LogP contribution in [0, 0.1) is 0 Å². The molecule has 0 saturated heterocycles. The Morgan fingerprint density at radius 1 is 1.32 bits per heavy atom. The van der Waals surface area contributed by atoms with Gasteiger partial charge in [0.25, 0.3) is 5.91 Å². The molecule has 0 aliphatic rings. The second kappa shape index (κ2) is 5.24. The standard InChI is InChI=1S/C13H11ClN2O3/c1-7(13(18)19)16-12(17)10-6-15-11(14)9-5-3-2-4-8(9)10/h2-7H,1H3,(H,16,17)(H,18,19)/t7-/m1/s1. The highest BCUT2D eigenvalue weighted by Crippen LogP contribution is 2.24. The summed E-state index contributed by atoms with van der Waals surface area (Å²) >= 11 is 5.95. The minimum absolute atomic E-state index is 0.299. The van der Waals surface area contributed by atoms with Crippen molar-refractivity contribution in [3.05, 3.63) is 41.2 Å². The van der Waals surface area contributed by atoms with Crippen LogP contribution in [0.25, 0.3) is 10.8 Å². The number of halogens is 1. The Labute approximate surface area is 114 Å². The van der Waals surface area contributed by atoms with Crippen molar-refractivity contribution in [2.24, 2.45) is 0 Å². The van der Waals surface area contributed by atoms with Crippen LogP contribution in [0.3, 0.4) is 0 Å². The van der Waals surface area contributed by atoms with Gasteiger partial charge in [-0.1, -0.05) is 35.9 Å². The Bertz CT molecular complexity index is 657. The lowest BCUT2D eigenvalue weighted by Gasteiger charge is -2.11. The number of hydrogen-bond acceptors (Lipinski definition) is 3. The molecule has 0 bridgehead atoms. The molecule has 2 N–H and O–H groups in total. The Morgan fingerprint density at radius 3 is 2.58 bits per heavy atom. The molecule has 0 radical (unpaired) electrons. The van der Waals surface area contributed by atoms with E-state index < -0.39 is 17.9 Å². The number of nitrogens with one attached hydrogen (secondary N) is 1. The van der Waals surface area contributed by atoms with Gasteiger partial charge < -0.3 is 10.4 Å². The molecule has 98 valence electrons. The van der Waals surface area contributed by atoms with E-state index in [4.69, 9.17) is 16.7 Å². The summed E-state index contributed by atoms with van der Waals surface area (Å²) in [5.41, 5.74) is 0.299. The van der Waals surface area contributed by atoms with Gasteiger partial charge in [0, 0.05) is 11.6 Å². The van der Waals surface area contributed by atoms with Crippen molar-refractivity contribution in [1.29, 1.82) is 0 Å². The van der Waals surface area contributed by atoms with E-state index in [0.29, 0.717) is 21.5 Å². The third kappa shape index (κ3) is 2.66. The van der Waals surface area contributed by atoms with Crippen LogP contribution in [0.2, 0.25) is 5.15 Å². The third-order valence-electron chi connectivity index (χ3n) is 2.71. The number of pyridine rings is 1. The molecule has 0 aliphatic carbocycles. The first-order valence-corrected chi connectivity index (χ1v) is 5.95. The molecule has 1 atom stereocenters. The normalized spacial score (nSPS) is 12.1. The van der Waals surface area contributed by atoms with Crippen LogP contribution in [-0.2, 0) is 4.79 Å². The van der Waals surface area contributed by atoms with Crippen molar-refractivity contribution in [3.8, 4) is 0 Å². The molecule has 1 amide bonds. The molecular formula is C13H11ClN2O3. The number of rotatable bonds is 3. The number of carbonyl (C=O) groups excluding carboxylic acids is 1. The highest BCUT2D eigenvalue weighted by atomic mass is 35.5. The molecule has 0 fully saturated rings. The Hall–Kier alpha value is -2.14. The molecule has 0 saturated carbocycles. The lowest BCUT2D eigenvalue weighted by molar-refractivity contribution is -0.138. The minimum Gasteiger partial charge on any atom is -0.480 e. The number of carbonyl (C=O) groups is 2. The highest BCUT2D eigenvalue weighted by Gasteiger charge is 2.18. The first-order chi connectivity index (χ1) is 9.00. The number of amides is 1. The zero-order valence-corrected chi connectivity index (χ0v) is 10.8. The fraction of sp³-hybridized carbons (Fsp3) is 0.154. The van der Waals surface area contributed by atoms with E-state index in [1.807, 2.05) is 0 Å². The average molecular weight is 279 g/mol. The van der Waals surface area contributed by atoms with Gasteiger partial charge in [0.1, 0.15) is 11.2 Å². The second-order valence-electron chi connectivity index (χ2n) is 4.04. The van der Waals surface area contributed by atoms with Crippen LogP contribution in [-0.4, -0.2) is 28.0 Å². The van der Waals surface area contributed by atoms with Gasteiger partial charge >= 0.3 is 5.97 Å². The van der Waals surface area contributed by atoms with Gasteiger partial charge in [-0.3, -0.25) is 9.59 Å². The summed E-state index contributed by atoms with van der Waals surface area (Å²) in [5, 5.41) is 12.8. The quantitative estimate of drug-likeness (QED) is 0.843. The number of fused-ring (bicyclic) bond motifs is 1. The number of aromatic nitrogens is 1. The topological polar surface area (TPSA) is 79.3 Å². The van der Waals surface area contributed by atoms with Gasteiger partial charge in [0.15, 0.2) is 0 Å². The van der Waals surface area contributed by atoms with Crippen molar-refractivity contribution in [2.75, 3.05) is 0 Å². The van der Waals surface area contributed by atoms with Crippen molar-refractivity contribution in [3.63, 3.8) is 0 Å². The van der Waals surface area contributed by atoms with Crippen LogP contribution < -0.4 is 5.32 Å². The van der Waals surface area contributed by atoms with Crippen LogP contribution in [0.15, 0.2) is 30.5 Å². The van der Waals surface area contributed by atoms with Crippen molar-refractivity contribution >= 4 is 34.2 Å². The number of nitrogens with zero attached hydrogens (tertiary/aromatic N) is 1. The minimum atomic E-state index is -1.10. The van der Waals surface area contributed by atoms with E-state index in [1.165, 1.54) is 13.1 Å². The predicted octanol–water partition coefficient (Wildman–Crippen LogP) is 2.09. The summed E-state index contributed by atoms with van der Waals surface area (Å²) in [5.74, 6) is -1.59. The SMILES string of the molecule is C[C@@H](NC(=O)c1cnc(Cl)c2ccccc12)C(=O)O. The maximum atomic E-state index is 12.0. The molecule has 6 heteroatoms. The molecule has 19 heavy (non-hydrogen) atoms. The molecule has 0 unspecified atom stereocenters. The molecule has 1 aromatic carbocycles. The predicted molar refractivity (Wildman–Crippen MR) is 71.3 cm³/mol. The third-order valence-corrected chi connectivity index (χ3v) is 3.01. The fourth-order valence-corrected chi connectivity index (χ4v) is 1.89. The number of aliphatic carboxylic acids is 1. The zero-order chi connectivity index (χ0) is 14.0. The molecule has 5 nitrogen and oxygen atoms in total. The molecule has 1 heterocycles. The molecular weight excluding hydrogens is 268 g/mol. The van der Waals surface area contributed by atoms with Gasteiger partial charge in [-0.25, -0.2) is 4.98 Å². The summed E-state index contributed by atoms with van der Waals surface area (Å²) < 4.78 is 0. The van der Waals surface area contributed by atoms with Gasteiger partial charge in [-0.2, -0.15) is 0 Å². The first kappa shape index (κ1) is 13.3. The van der Waals surface area contributed by atoms with E-state index in [9.17, 15) is 9.59 Å². The van der Waals surface area contributed by atoms with Crippen LogP contribution in [0.1, 0.15) is 17.3 Å². The second-order valence-corrected chi connectivity index (χ2v) is 4.40. The number of benzene rings is 1. The van der Waals surface area contributed by atoms with Gasteiger partial charge in [-0.15, -0.1) is 0 Å². The maximum absolute atomic E-state index is 12.0. The molecule has 0 aliphatic heterocycles. The van der Waals surface area contributed by atoms with E-state index in [2.05, 4.69) is 10.3 Å². The van der Waals surface area contributed by atoms with Crippen molar-refractivity contribution in [1.82, 2.24) is 10.3 Å². The average Bonchev–Trinajstić information content (AvgIpc) is 2.39. The summed E-state index contributed by atoms with van der Waals surface area (Å²) in [6, 6.07) is 6.08. The van der Waals surface area contributed by atoms with Crippen molar-refractivity contribution < 1.29 is 14.7 Å².